The molecule has 1 amide bonds. The zero-order chi connectivity index (χ0) is 18.2. The molecule has 1 heterocycles. The molecule has 0 saturated heterocycles. The third kappa shape index (κ3) is 5.45. The van der Waals surface area contributed by atoms with Crippen LogP contribution in [-0.2, 0) is 4.79 Å². The molecule has 0 saturated carbocycles. The van der Waals surface area contributed by atoms with Gasteiger partial charge in [-0.1, -0.05) is 26.0 Å². The predicted octanol–water partition coefficient (Wildman–Crippen LogP) is 3.23. The Morgan fingerprint density at radius 1 is 1.36 bits per heavy atom. The van der Waals surface area contributed by atoms with E-state index in [-0.39, 0.29) is 12.4 Å². The smallest absolute Gasteiger partial charge is 0.433 e. The molecule has 2 aromatic rings. The summed E-state index contributed by atoms with van der Waals surface area (Å²) >= 11 is 0. The Morgan fingerprint density at radius 2 is 2.08 bits per heavy atom. The normalized spacial score (nSPS) is 12.1. The van der Waals surface area contributed by atoms with Crippen LogP contribution in [0.1, 0.15) is 37.5 Å². The van der Waals surface area contributed by atoms with Crippen LogP contribution >= 0.6 is 0 Å². The van der Waals surface area contributed by atoms with Crippen molar-refractivity contribution in [1.82, 2.24) is 5.43 Å². The molecule has 2 rings (SSSR count). The monoisotopic (exact) mass is 345 g/mol. The average molecular weight is 345 g/mol. The molecule has 0 unspecified atom stereocenters. The number of benzene rings is 1. The number of hydrogen-bond donors (Lipinski definition) is 1. The summed E-state index contributed by atoms with van der Waals surface area (Å²) in [7, 11) is 0. The lowest BCUT2D eigenvalue weighted by Crippen LogP contribution is -2.24. The Bertz CT molecular complexity index is 752. The van der Waals surface area contributed by atoms with E-state index in [4.69, 9.17) is 9.15 Å². The van der Waals surface area contributed by atoms with E-state index < -0.39 is 16.7 Å². The van der Waals surface area contributed by atoms with Gasteiger partial charge >= 0.3 is 5.88 Å². The summed E-state index contributed by atoms with van der Waals surface area (Å²) in [6, 6.07) is 10.2. The molecule has 0 aliphatic heterocycles. The van der Waals surface area contributed by atoms with Gasteiger partial charge in [-0.05, 0) is 36.1 Å². The van der Waals surface area contributed by atoms with Crippen LogP contribution in [0.3, 0.4) is 0 Å². The molecule has 1 aromatic carbocycles. The zero-order valence-corrected chi connectivity index (χ0v) is 14.0. The van der Waals surface area contributed by atoms with Crippen molar-refractivity contribution in [2.24, 2.45) is 5.10 Å². The Morgan fingerprint density at radius 3 is 2.68 bits per heavy atom. The highest BCUT2D eigenvalue weighted by atomic mass is 16.6. The van der Waals surface area contributed by atoms with Crippen LogP contribution in [0.2, 0.25) is 0 Å². The van der Waals surface area contributed by atoms with Gasteiger partial charge in [0.25, 0.3) is 5.91 Å². The van der Waals surface area contributed by atoms with E-state index in [0.29, 0.717) is 11.7 Å². The Labute approximate surface area is 144 Å². The number of nitro groups is 1. The maximum Gasteiger partial charge on any atom is 0.433 e. The second-order valence-corrected chi connectivity index (χ2v) is 5.39. The molecule has 8 nitrogen and oxygen atoms in total. The van der Waals surface area contributed by atoms with Crippen LogP contribution < -0.4 is 10.2 Å². The van der Waals surface area contributed by atoms with Gasteiger partial charge in [0.1, 0.15) is 10.7 Å². The van der Waals surface area contributed by atoms with Gasteiger partial charge in [0.05, 0.1) is 12.3 Å². The first kappa shape index (κ1) is 18.2. The van der Waals surface area contributed by atoms with Gasteiger partial charge in [0, 0.05) is 0 Å². The van der Waals surface area contributed by atoms with Crippen molar-refractivity contribution in [3.05, 3.63) is 57.8 Å². The fraction of sp³-hybridized carbons (Fsp3) is 0.294. The summed E-state index contributed by atoms with van der Waals surface area (Å²) in [6.45, 7) is 4.08. The highest BCUT2D eigenvalue weighted by molar-refractivity contribution is 5.81. The van der Waals surface area contributed by atoms with Gasteiger partial charge in [-0.15, -0.1) is 0 Å². The number of hydrazone groups is 1. The molecule has 0 aliphatic carbocycles. The summed E-state index contributed by atoms with van der Waals surface area (Å²) in [5, 5.41) is 14.1. The molecule has 0 aliphatic rings. The second-order valence-electron chi connectivity index (χ2n) is 5.39. The second kappa shape index (κ2) is 8.62. The molecule has 1 N–H and O–H groups in total. The first-order valence-corrected chi connectivity index (χ1v) is 7.78. The van der Waals surface area contributed by atoms with Gasteiger partial charge in [-0.25, -0.2) is 5.43 Å². The fourth-order valence-electron chi connectivity index (χ4n) is 1.99. The lowest BCUT2D eigenvalue weighted by atomic mass is 9.99. The van der Waals surface area contributed by atoms with Crippen LogP contribution in [0, 0.1) is 10.1 Å². The molecule has 1 aromatic heterocycles. The molecular formula is C17H19N3O5. The molecule has 1 atom stereocenters. The van der Waals surface area contributed by atoms with Crippen molar-refractivity contribution in [2.45, 2.75) is 26.2 Å². The maximum absolute atomic E-state index is 11.7. The lowest BCUT2D eigenvalue weighted by Gasteiger charge is -2.10. The van der Waals surface area contributed by atoms with E-state index >= 15 is 0 Å². The maximum atomic E-state index is 11.7. The summed E-state index contributed by atoms with van der Waals surface area (Å²) in [4.78, 5) is 21.5. The van der Waals surface area contributed by atoms with Gasteiger partial charge in [-0.3, -0.25) is 14.9 Å². The molecule has 0 radical (unpaired) electrons. The molecule has 0 bridgehead atoms. The number of hydrogen-bond acceptors (Lipinski definition) is 6. The number of nitrogens with zero attached hydrogens (tertiary/aromatic N) is 2. The predicted molar refractivity (Wildman–Crippen MR) is 91.7 cm³/mol. The highest BCUT2D eigenvalue weighted by Gasteiger charge is 2.10. The number of carbonyl (C=O) groups is 1. The van der Waals surface area contributed by atoms with Crippen LogP contribution in [-0.4, -0.2) is 23.7 Å². The largest absolute Gasteiger partial charge is 0.484 e. The third-order valence-electron chi connectivity index (χ3n) is 3.61. The number of ether oxygens (including phenoxy) is 1. The minimum atomic E-state index is -0.656. The summed E-state index contributed by atoms with van der Waals surface area (Å²) < 4.78 is 10.2. The third-order valence-corrected chi connectivity index (χ3v) is 3.61. The van der Waals surface area contributed by atoms with E-state index in [1.54, 1.807) is 0 Å². The van der Waals surface area contributed by atoms with E-state index in [0.717, 1.165) is 6.42 Å². The highest BCUT2D eigenvalue weighted by Crippen LogP contribution is 2.21. The molecule has 8 heteroatoms. The molecule has 0 fully saturated rings. The van der Waals surface area contributed by atoms with E-state index in [1.165, 1.54) is 23.9 Å². The Balaban J connectivity index is 1.78. The van der Waals surface area contributed by atoms with Gasteiger partial charge in [0.2, 0.25) is 0 Å². The van der Waals surface area contributed by atoms with Crippen LogP contribution in [0.15, 0.2) is 45.9 Å². The van der Waals surface area contributed by atoms with E-state index in [2.05, 4.69) is 24.4 Å². The first-order chi connectivity index (χ1) is 12.0. The van der Waals surface area contributed by atoms with Crippen LogP contribution in [0.5, 0.6) is 5.75 Å². The number of nitrogens with one attached hydrogen (secondary N) is 1. The lowest BCUT2D eigenvalue weighted by molar-refractivity contribution is -0.402. The van der Waals surface area contributed by atoms with Crippen molar-refractivity contribution >= 4 is 18.0 Å². The number of amides is 1. The van der Waals surface area contributed by atoms with Crippen LogP contribution in [0.25, 0.3) is 0 Å². The zero-order valence-electron chi connectivity index (χ0n) is 14.0. The molecule has 132 valence electrons. The number of rotatable bonds is 8. The molecule has 0 spiro atoms. The van der Waals surface area contributed by atoms with Crippen LogP contribution in [0.4, 0.5) is 5.88 Å². The van der Waals surface area contributed by atoms with Gasteiger partial charge < -0.3 is 9.15 Å². The number of carbonyl (C=O) groups excluding carboxylic acids is 1. The Hall–Kier alpha value is -3.16. The van der Waals surface area contributed by atoms with Crippen molar-refractivity contribution in [3.8, 4) is 5.75 Å². The first-order valence-electron chi connectivity index (χ1n) is 7.78. The SMILES string of the molecule is CC[C@H](C)c1ccc(OCC(=O)N/N=C/c2ccc([N+](=O)[O-])o2)cc1. The standard InChI is InChI=1S/C17H19N3O5/c1-3-12(2)13-4-6-14(7-5-13)24-11-16(21)19-18-10-15-8-9-17(25-15)20(22)23/h4-10,12H,3,11H2,1-2H3,(H,19,21)/b18-10+/t12-/m0/s1. The van der Waals surface area contributed by atoms with Crippen molar-refractivity contribution in [2.75, 3.05) is 6.61 Å². The van der Waals surface area contributed by atoms with Crippen molar-refractivity contribution in [1.29, 1.82) is 0 Å². The van der Waals surface area contributed by atoms with E-state index in [1.807, 2.05) is 24.3 Å². The van der Waals surface area contributed by atoms with E-state index in [9.17, 15) is 14.9 Å². The Kier molecular flexibility index (Phi) is 6.27. The minimum absolute atomic E-state index is 0.161. The quantitative estimate of drug-likeness (QED) is 0.449. The topological polar surface area (TPSA) is 107 Å². The van der Waals surface area contributed by atoms with Crippen molar-refractivity contribution in [3.63, 3.8) is 0 Å². The molecular weight excluding hydrogens is 326 g/mol. The summed E-state index contributed by atoms with van der Waals surface area (Å²) in [5.41, 5.74) is 3.47. The van der Waals surface area contributed by atoms with Gasteiger partial charge in [0.15, 0.2) is 12.4 Å². The van der Waals surface area contributed by atoms with Gasteiger partial charge in [-0.2, -0.15) is 5.10 Å². The number of furan rings is 1. The minimum Gasteiger partial charge on any atom is -0.484 e. The fourth-order valence-corrected chi connectivity index (χ4v) is 1.99. The van der Waals surface area contributed by atoms with Crippen molar-refractivity contribution < 1.29 is 18.9 Å². The average Bonchev–Trinajstić information content (AvgIpc) is 3.09. The molecule has 25 heavy (non-hydrogen) atoms. The summed E-state index contributed by atoms with van der Waals surface area (Å²) in [6.07, 6.45) is 2.23. The summed E-state index contributed by atoms with van der Waals surface area (Å²) in [5.74, 6) is 0.380.